The maximum Gasteiger partial charge on any atom is 0.305 e. The molecule has 1 aromatic rings. The molecule has 0 saturated carbocycles. The number of carbonyl (C=O) groups excluding carboxylic acids is 2. The van der Waals surface area contributed by atoms with Crippen molar-refractivity contribution >= 4 is 23.5 Å². The third kappa shape index (κ3) is 4.60. The first-order chi connectivity index (χ1) is 15.3. The number of carboxylic acids is 1. The van der Waals surface area contributed by atoms with Gasteiger partial charge in [0.1, 0.15) is 6.04 Å². The largest absolute Gasteiger partial charge is 0.481 e. The van der Waals surface area contributed by atoms with E-state index in [0.29, 0.717) is 18.0 Å². The van der Waals surface area contributed by atoms with E-state index in [9.17, 15) is 19.5 Å². The average Bonchev–Trinajstić information content (AvgIpc) is 2.89. The molecule has 3 aliphatic rings. The number of likely N-dealkylation sites (N-methyl/N-ethyl adjacent to an activating group) is 2. The Morgan fingerprint density at radius 3 is 2.38 bits per heavy atom. The van der Waals surface area contributed by atoms with Crippen molar-refractivity contribution in [3.63, 3.8) is 0 Å². The second kappa shape index (κ2) is 9.48. The molecule has 4 rings (SSSR count). The molecular weight excluding hydrogens is 408 g/mol. The highest BCUT2D eigenvalue weighted by atomic mass is 16.4. The minimum atomic E-state index is -1.01. The smallest absolute Gasteiger partial charge is 0.305 e. The van der Waals surface area contributed by atoms with Gasteiger partial charge in [0.15, 0.2) is 0 Å². The normalized spacial score (nSPS) is 23.1. The molecular formula is C24H34N4O4. The number of aliphatic carboxylic acids is 1. The number of anilines is 1. The third-order valence-electron chi connectivity index (χ3n) is 7.49. The molecule has 0 bridgehead atoms. The van der Waals surface area contributed by atoms with Crippen molar-refractivity contribution < 1.29 is 19.5 Å². The molecule has 1 unspecified atom stereocenters. The fraction of sp³-hybridized carbons (Fsp3) is 0.625. The lowest BCUT2D eigenvalue weighted by molar-refractivity contribution is -0.141. The second-order valence-electron chi connectivity index (χ2n) is 9.48. The lowest BCUT2D eigenvalue weighted by atomic mass is 9.79. The molecule has 2 fully saturated rings. The third-order valence-corrected chi connectivity index (χ3v) is 7.49. The van der Waals surface area contributed by atoms with Crippen molar-refractivity contribution in [3.05, 3.63) is 29.3 Å². The Morgan fingerprint density at radius 1 is 1.06 bits per heavy atom. The zero-order chi connectivity index (χ0) is 22.8. The van der Waals surface area contributed by atoms with Crippen LogP contribution < -0.4 is 10.2 Å². The average molecular weight is 443 g/mol. The molecule has 0 aliphatic carbocycles. The lowest BCUT2D eigenvalue weighted by Crippen LogP contribution is -2.44. The number of piperidine rings is 2. The summed E-state index contributed by atoms with van der Waals surface area (Å²) in [5, 5.41) is 12.7. The summed E-state index contributed by atoms with van der Waals surface area (Å²) in [5.74, 6) is 0.307. The Morgan fingerprint density at radius 2 is 1.72 bits per heavy atom. The molecule has 8 heteroatoms. The van der Waals surface area contributed by atoms with Crippen LogP contribution in [0.5, 0.6) is 0 Å². The van der Waals surface area contributed by atoms with E-state index >= 15 is 0 Å². The van der Waals surface area contributed by atoms with E-state index in [2.05, 4.69) is 5.32 Å². The Kier molecular flexibility index (Phi) is 6.69. The summed E-state index contributed by atoms with van der Waals surface area (Å²) in [4.78, 5) is 42.5. The number of likely N-dealkylation sites (tertiary alicyclic amines) is 1. The highest BCUT2D eigenvalue weighted by Gasteiger charge is 2.34. The second-order valence-corrected chi connectivity index (χ2v) is 9.48. The number of hydrogen-bond acceptors (Lipinski definition) is 5. The first kappa shape index (κ1) is 22.6. The maximum atomic E-state index is 13.2. The number of benzene rings is 1. The number of fused-ring (bicyclic) bond motifs is 1. The van der Waals surface area contributed by atoms with Gasteiger partial charge in [0, 0.05) is 45.0 Å². The summed E-state index contributed by atoms with van der Waals surface area (Å²) in [6.45, 7) is 4.16. The van der Waals surface area contributed by atoms with Crippen LogP contribution in [0.2, 0.25) is 0 Å². The van der Waals surface area contributed by atoms with E-state index < -0.39 is 12.0 Å². The van der Waals surface area contributed by atoms with Crippen molar-refractivity contribution in [1.29, 1.82) is 0 Å². The molecule has 0 radical (unpaired) electrons. The van der Waals surface area contributed by atoms with Crippen LogP contribution in [-0.2, 0) is 16.1 Å². The molecule has 2 saturated heterocycles. The number of amides is 2. The van der Waals surface area contributed by atoms with Crippen LogP contribution in [0.4, 0.5) is 5.69 Å². The van der Waals surface area contributed by atoms with Crippen molar-refractivity contribution in [2.75, 3.05) is 45.2 Å². The van der Waals surface area contributed by atoms with Crippen LogP contribution in [0.1, 0.15) is 48.0 Å². The van der Waals surface area contributed by atoms with E-state index in [-0.39, 0.29) is 18.2 Å². The van der Waals surface area contributed by atoms with Gasteiger partial charge in [0.2, 0.25) is 5.91 Å². The van der Waals surface area contributed by atoms with Gasteiger partial charge >= 0.3 is 5.97 Å². The molecule has 2 N–H and O–H groups in total. The van der Waals surface area contributed by atoms with Crippen LogP contribution in [-0.4, -0.2) is 79.0 Å². The number of rotatable bonds is 4. The van der Waals surface area contributed by atoms with Crippen LogP contribution in [0.3, 0.4) is 0 Å². The molecule has 3 aliphatic heterocycles. The van der Waals surface area contributed by atoms with Gasteiger partial charge in [-0.15, -0.1) is 0 Å². The van der Waals surface area contributed by atoms with Crippen molar-refractivity contribution in [1.82, 2.24) is 15.1 Å². The molecule has 8 nitrogen and oxygen atoms in total. The predicted octanol–water partition coefficient (Wildman–Crippen LogP) is 1.79. The van der Waals surface area contributed by atoms with E-state index in [0.717, 1.165) is 56.2 Å². The van der Waals surface area contributed by atoms with Gasteiger partial charge in [-0.05, 0) is 74.4 Å². The van der Waals surface area contributed by atoms with E-state index in [1.165, 1.54) is 12.8 Å². The van der Waals surface area contributed by atoms with Crippen molar-refractivity contribution in [2.24, 2.45) is 11.8 Å². The van der Waals surface area contributed by atoms with Crippen LogP contribution in [0, 0.1) is 11.8 Å². The Balaban J connectivity index is 1.47. The molecule has 0 aromatic heterocycles. The maximum absolute atomic E-state index is 13.2. The fourth-order valence-electron chi connectivity index (χ4n) is 5.57. The van der Waals surface area contributed by atoms with Gasteiger partial charge in [-0.25, -0.2) is 0 Å². The first-order valence-corrected chi connectivity index (χ1v) is 11.7. The monoisotopic (exact) mass is 442 g/mol. The van der Waals surface area contributed by atoms with Gasteiger partial charge in [-0.3, -0.25) is 14.4 Å². The summed E-state index contributed by atoms with van der Waals surface area (Å²) in [6.07, 6.45) is 4.36. The number of nitrogens with zero attached hydrogens (tertiary/aromatic N) is 3. The Hall–Kier alpha value is -2.61. The zero-order valence-corrected chi connectivity index (χ0v) is 19.0. The number of hydrogen-bond donors (Lipinski definition) is 2. The summed E-state index contributed by atoms with van der Waals surface area (Å²) in [5.41, 5.74) is 2.30. The van der Waals surface area contributed by atoms with E-state index in [1.54, 1.807) is 23.9 Å². The van der Waals surface area contributed by atoms with Gasteiger partial charge in [-0.1, -0.05) is 0 Å². The summed E-state index contributed by atoms with van der Waals surface area (Å²) < 4.78 is 0. The molecule has 1 aromatic carbocycles. The minimum absolute atomic E-state index is 0.0412. The van der Waals surface area contributed by atoms with Crippen molar-refractivity contribution in [3.8, 4) is 0 Å². The van der Waals surface area contributed by atoms with Crippen LogP contribution in [0.15, 0.2) is 18.2 Å². The molecule has 0 spiro atoms. The Labute approximate surface area is 189 Å². The number of nitrogens with one attached hydrogen (secondary N) is 1. The SMILES string of the molecule is CN1Cc2cc(C(=O)N3CCC(C4CCNCC4)CC3)ccc2N(C)C(CC(=O)O)C1=O. The predicted molar refractivity (Wildman–Crippen MR) is 122 cm³/mol. The summed E-state index contributed by atoms with van der Waals surface area (Å²) >= 11 is 0. The summed E-state index contributed by atoms with van der Waals surface area (Å²) in [6, 6.07) is 4.78. The highest BCUT2D eigenvalue weighted by Crippen LogP contribution is 2.32. The number of carbonyl (C=O) groups is 3. The van der Waals surface area contributed by atoms with Gasteiger partial charge in [0.25, 0.3) is 5.91 Å². The van der Waals surface area contributed by atoms with Gasteiger partial charge in [0.05, 0.1) is 6.42 Å². The quantitative estimate of drug-likeness (QED) is 0.739. The molecule has 174 valence electrons. The fourth-order valence-corrected chi connectivity index (χ4v) is 5.57. The highest BCUT2D eigenvalue weighted by molar-refractivity contribution is 5.96. The molecule has 32 heavy (non-hydrogen) atoms. The van der Waals surface area contributed by atoms with Gasteiger partial charge in [-0.2, -0.15) is 0 Å². The minimum Gasteiger partial charge on any atom is -0.481 e. The van der Waals surface area contributed by atoms with E-state index in [4.69, 9.17) is 0 Å². The van der Waals surface area contributed by atoms with Crippen LogP contribution in [0.25, 0.3) is 0 Å². The standard InChI is InChI=1S/C24H34N4O4/c1-26-15-19-13-18(3-4-20(19)27(2)21(24(26)32)14-22(29)30)23(31)28-11-7-17(8-12-28)16-5-9-25-10-6-16/h3-4,13,16-17,21,25H,5-12,14-15H2,1-2H3,(H,29,30). The first-order valence-electron chi connectivity index (χ1n) is 11.7. The molecule has 3 heterocycles. The summed E-state index contributed by atoms with van der Waals surface area (Å²) in [7, 11) is 3.43. The number of carboxylic acid groups (broad SMARTS) is 1. The molecule has 2 amide bonds. The topological polar surface area (TPSA) is 93.2 Å². The zero-order valence-electron chi connectivity index (χ0n) is 19.0. The molecule has 1 atom stereocenters. The van der Waals surface area contributed by atoms with Crippen molar-refractivity contribution in [2.45, 2.75) is 44.7 Å². The Bertz CT molecular complexity index is 875. The van der Waals surface area contributed by atoms with Crippen LogP contribution >= 0.6 is 0 Å². The van der Waals surface area contributed by atoms with E-state index in [1.807, 2.05) is 23.1 Å². The van der Waals surface area contributed by atoms with Gasteiger partial charge < -0.3 is 25.1 Å². The lowest BCUT2D eigenvalue weighted by Gasteiger charge is -2.38.